The van der Waals surface area contributed by atoms with E-state index in [1.807, 2.05) is 0 Å². The molecule has 162 valence electrons. The van der Waals surface area contributed by atoms with Gasteiger partial charge in [0, 0.05) is 17.8 Å². The molecule has 1 aromatic carbocycles. The van der Waals surface area contributed by atoms with Gasteiger partial charge < -0.3 is 10.1 Å². The minimum atomic E-state index is -0.598. The van der Waals surface area contributed by atoms with Gasteiger partial charge in [0.15, 0.2) is 5.11 Å². The summed E-state index contributed by atoms with van der Waals surface area (Å²) < 4.78 is 5.21. The number of benzene rings is 1. The van der Waals surface area contributed by atoms with Gasteiger partial charge in [-0.3, -0.25) is 21.0 Å². The van der Waals surface area contributed by atoms with Gasteiger partial charge in [-0.1, -0.05) is 39.2 Å². The van der Waals surface area contributed by atoms with E-state index in [4.69, 9.17) is 17.0 Å². The summed E-state index contributed by atoms with van der Waals surface area (Å²) in [6.07, 6.45) is 4.23. The molecule has 0 bridgehead atoms. The Balaban J connectivity index is 2.44. The van der Waals surface area contributed by atoms with Crippen molar-refractivity contribution in [3.63, 3.8) is 0 Å². The molecule has 29 heavy (non-hydrogen) atoms. The van der Waals surface area contributed by atoms with Crippen molar-refractivity contribution in [2.75, 3.05) is 11.9 Å². The molecule has 7 nitrogen and oxygen atoms in total. The number of carbonyl (C=O) groups is 2. The smallest absolute Gasteiger partial charge is 0.412 e. The average Bonchev–Trinajstić information content (AvgIpc) is 2.63. The molecule has 8 heteroatoms. The standard InChI is InChI=1S/C21H34N4O3S/c1-6-7-8-10-15(2)14-22-19(29)25-24-18(26)16-11-9-12-17(13-16)23-20(27)28-21(3,4)5/h9,11-13,15H,6-8,10,14H2,1-5H3,(H,23,27)(H,24,26)(H2,22,25,29)/t15-/m1/s1. The van der Waals surface area contributed by atoms with Crippen molar-refractivity contribution in [1.82, 2.24) is 16.2 Å². The van der Waals surface area contributed by atoms with Gasteiger partial charge in [-0.05, 0) is 63.5 Å². The molecular weight excluding hydrogens is 388 g/mol. The Hall–Kier alpha value is -2.35. The summed E-state index contributed by atoms with van der Waals surface area (Å²) >= 11 is 5.20. The molecule has 0 aromatic heterocycles. The lowest BCUT2D eigenvalue weighted by molar-refractivity contribution is 0.0635. The Labute approximate surface area is 179 Å². The Morgan fingerprint density at radius 2 is 1.90 bits per heavy atom. The van der Waals surface area contributed by atoms with Crippen LogP contribution >= 0.6 is 12.2 Å². The van der Waals surface area contributed by atoms with E-state index in [1.165, 1.54) is 19.3 Å². The van der Waals surface area contributed by atoms with Gasteiger partial charge in [0.1, 0.15) is 5.60 Å². The molecule has 1 aromatic rings. The SMILES string of the molecule is CCCCC[C@@H](C)CNC(=S)NNC(=O)c1cccc(NC(=O)OC(C)(C)C)c1. The van der Waals surface area contributed by atoms with E-state index < -0.39 is 11.7 Å². The van der Waals surface area contributed by atoms with Gasteiger partial charge >= 0.3 is 6.09 Å². The summed E-state index contributed by atoms with van der Waals surface area (Å²) in [6.45, 7) is 10.5. The third-order valence-corrected chi connectivity index (χ3v) is 4.22. The van der Waals surface area contributed by atoms with Gasteiger partial charge in [-0.2, -0.15) is 0 Å². The van der Waals surface area contributed by atoms with Crippen molar-refractivity contribution in [2.24, 2.45) is 5.92 Å². The van der Waals surface area contributed by atoms with Crippen LogP contribution in [0.1, 0.15) is 70.7 Å². The second-order valence-corrected chi connectivity index (χ2v) is 8.51. The van der Waals surface area contributed by atoms with Crippen LogP contribution in [-0.4, -0.2) is 29.3 Å². The van der Waals surface area contributed by atoms with Crippen molar-refractivity contribution in [2.45, 2.75) is 65.9 Å². The van der Waals surface area contributed by atoms with Crippen molar-refractivity contribution in [3.8, 4) is 0 Å². The Morgan fingerprint density at radius 3 is 2.55 bits per heavy atom. The molecule has 0 aliphatic rings. The zero-order chi connectivity index (χ0) is 21.9. The van der Waals surface area contributed by atoms with E-state index in [2.05, 4.69) is 35.3 Å². The summed E-state index contributed by atoms with van der Waals surface area (Å²) in [6, 6.07) is 6.56. The first-order valence-electron chi connectivity index (χ1n) is 10.0. The average molecular weight is 423 g/mol. The lowest BCUT2D eigenvalue weighted by Gasteiger charge is -2.19. The number of anilines is 1. The third-order valence-electron chi connectivity index (χ3n) is 3.97. The van der Waals surface area contributed by atoms with Crippen LogP contribution < -0.4 is 21.5 Å². The highest BCUT2D eigenvalue weighted by molar-refractivity contribution is 7.80. The molecule has 4 N–H and O–H groups in total. The number of unbranched alkanes of at least 4 members (excludes halogenated alkanes) is 2. The van der Waals surface area contributed by atoms with Crippen LogP contribution in [0.2, 0.25) is 0 Å². The number of thiocarbonyl (C=S) groups is 1. The summed E-state index contributed by atoms with van der Waals surface area (Å²) in [7, 11) is 0. The van der Waals surface area contributed by atoms with Crippen molar-refractivity contribution >= 4 is 35.0 Å². The molecule has 0 aliphatic carbocycles. The van der Waals surface area contributed by atoms with Crippen LogP contribution in [0.5, 0.6) is 0 Å². The highest BCUT2D eigenvalue weighted by Crippen LogP contribution is 2.13. The van der Waals surface area contributed by atoms with E-state index in [0.717, 1.165) is 13.0 Å². The zero-order valence-electron chi connectivity index (χ0n) is 18.1. The molecule has 0 saturated heterocycles. The van der Waals surface area contributed by atoms with E-state index in [0.29, 0.717) is 22.3 Å². The lowest BCUT2D eigenvalue weighted by Crippen LogP contribution is -2.47. The number of carbonyl (C=O) groups excluding carboxylic acids is 2. The van der Waals surface area contributed by atoms with Crippen LogP contribution in [0.25, 0.3) is 0 Å². The maximum absolute atomic E-state index is 12.3. The largest absolute Gasteiger partial charge is 0.444 e. The van der Waals surface area contributed by atoms with Crippen LogP contribution in [-0.2, 0) is 4.74 Å². The molecule has 0 heterocycles. The predicted octanol–water partition coefficient (Wildman–Crippen LogP) is 4.36. The molecule has 1 atom stereocenters. The van der Waals surface area contributed by atoms with Crippen LogP contribution in [0.4, 0.5) is 10.5 Å². The van der Waals surface area contributed by atoms with E-state index >= 15 is 0 Å². The van der Waals surface area contributed by atoms with Gasteiger partial charge in [0.05, 0.1) is 0 Å². The monoisotopic (exact) mass is 422 g/mol. The minimum absolute atomic E-state index is 0.363. The fourth-order valence-electron chi connectivity index (χ4n) is 2.50. The number of hydrogen-bond acceptors (Lipinski definition) is 4. The minimum Gasteiger partial charge on any atom is -0.444 e. The van der Waals surface area contributed by atoms with Gasteiger partial charge in [0.25, 0.3) is 5.91 Å². The molecule has 0 radical (unpaired) electrons. The molecule has 0 unspecified atom stereocenters. The first-order chi connectivity index (χ1) is 13.6. The van der Waals surface area contributed by atoms with E-state index in [9.17, 15) is 9.59 Å². The first-order valence-corrected chi connectivity index (χ1v) is 10.5. The highest BCUT2D eigenvalue weighted by Gasteiger charge is 2.16. The fourth-order valence-corrected chi connectivity index (χ4v) is 2.64. The number of hydrazine groups is 1. The summed E-state index contributed by atoms with van der Waals surface area (Å²) in [5, 5.41) is 6.08. The molecule has 0 fully saturated rings. The Kier molecular flexibility index (Phi) is 10.4. The fraction of sp³-hybridized carbons (Fsp3) is 0.571. The Morgan fingerprint density at radius 1 is 1.17 bits per heavy atom. The van der Waals surface area contributed by atoms with Crippen LogP contribution in [0.3, 0.4) is 0 Å². The third kappa shape index (κ3) is 11.3. The number of amides is 2. The first kappa shape index (κ1) is 24.7. The van der Waals surface area contributed by atoms with E-state index in [1.54, 1.807) is 45.0 Å². The second-order valence-electron chi connectivity index (χ2n) is 8.10. The summed E-state index contributed by atoms with van der Waals surface area (Å²) in [4.78, 5) is 24.2. The number of rotatable bonds is 8. The molecular formula is C21H34N4O3S. The van der Waals surface area contributed by atoms with E-state index in [-0.39, 0.29) is 5.91 Å². The normalized spacial score (nSPS) is 11.9. The van der Waals surface area contributed by atoms with Gasteiger partial charge in [0.2, 0.25) is 0 Å². The van der Waals surface area contributed by atoms with Crippen molar-refractivity contribution < 1.29 is 14.3 Å². The van der Waals surface area contributed by atoms with Gasteiger partial charge in [-0.25, -0.2) is 4.79 Å². The molecule has 1 rings (SSSR count). The molecule has 0 spiro atoms. The Bertz CT molecular complexity index is 689. The summed E-state index contributed by atoms with van der Waals surface area (Å²) in [5.74, 6) is 0.144. The molecule has 0 aliphatic heterocycles. The highest BCUT2D eigenvalue weighted by atomic mass is 32.1. The zero-order valence-corrected chi connectivity index (χ0v) is 18.9. The molecule has 2 amide bonds. The maximum Gasteiger partial charge on any atom is 0.412 e. The van der Waals surface area contributed by atoms with Crippen LogP contribution in [0, 0.1) is 5.92 Å². The van der Waals surface area contributed by atoms with Gasteiger partial charge in [-0.15, -0.1) is 0 Å². The summed E-state index contributed by atoms with van der Waals surface area (Å²) in [5.41, 5.74) is 5.51. The van der Waals surface area contributed by atoms with Crippen LogP contribution in [0.15, 0.2) is 24.3 Å². The van der Waals surface area contributed by atoms with Crippen molar-refractivity contribution in [3.05, 3.63) is 29.8 Å². The second kappa shape index (κ2) is 12.3. The van der Waals surface area contributed by atoms with Crippen molar-refractivity contribution in [1.29, 1.82) is 0 Å². The topological polar surface area (TPSA) is 91.5 Å². The molecule has 0 saturated carbocycles. The number of nitrogens with one attached hydrogen (secondary N) is 4. The quantitative estimate of drug-likeness (QED) is 0.283. The lowest BCUT2D eigenvalue weighted by atomic mass is 10.0. The number of hydrogen-bond donors (Lipinski definition) is 4. The number of ether oxygens (including phenoxy) is 1. The predicted molar refractivity (Wildman–Crippen MR) is 121 cm³/mol. The maximum atomic E-state index is 12.3.